The number of carboxylic acid groups (broad SMARTS) is 1. The number of carboxylic acids is 1. The topological polar surface area (TPSA) is 94.9 Å². The fraction of sp³-hybridized carbons (Fsp3) is 0.389. The molecule has 0 spiro atoms. The standard InChI is InChI=1S/C18H16BrNO5S2/c1-17(2)12(14(23)24)20-15(25)18(19,16(20)27-17)13(22)11(21)10-7-8-5-3-4-6-9(8)26-10/h3-7,12-13,16,22H,1-2H3,(H,23,24)/t12-,13?,16+,18?/m0/s1. The SMILES string of the molecule is CC1(C)S[C@H]2N(C(=O)C2(Br)C(O)C(=O)c2cc3ccccc3s2)[C@H]1C(=O)O. The number of carbonyl (C=O) groups excluding carboxylic acids is 2. The van der Waals surface area contributed by atoms with Gasteiger partial charge >= 0.3 is 5.97 Å². The lowest BCUT2D eigenvalue weighted by Gasteiger charge is -2.51. The first-order valence-corrected chi connectivity index (χ1v) is 10.7. The number of thiophene rings is 1. The molecule has 1 aromatic heterocycles. The number of hydrogen-bond donors (Lipinski definition) is 2. The quantitative estimate of drug-likeness (QED) is 0.406. The first kappa shape index (κ1) is 18.9. The summed E-state index contributed by atoms with van der Waals surface area (Å²) in [6.45, 7) is 3.49. The molecule has 27 heavy (non-hydrogen) atoms. The van der Waals surface area contributed by atoms with Crippen LogP contribution in [-0.2, 0) is 9.59 Å². The van der Waals surface area contributed by atoms with Crippen LogP contribution < -0.4 is 0 Å². The number of halogens is 1. The number of rotatable bonds is 4. The van der Waals surface area contributed by atoms with Crippen molar-refractivity contribution in [2.24, 2.45) is 0 Å². The van der Waals surface area contributed by atoms with E-state index in [-0.39, 0.29) is 0 Å². The number of thioether (sulfide) groups is 1. The molecule has 1 aromatic carbocycles. The Morgan fingerprint density at radius 3 is 2.59 bits per heavy atom. The number of alkyl halides is 1. The monoisotopic (exact) mass is 469 g/mol. The van der Waals surface area contributed by atoms with Crippen molar-refractivity contribution in [3.05, 3.63) is 35.2 Å². The second-order valence-corrected chi connectivity index (χ2v) is 11.3. The van der Waals surface area contributed by atoms with Crippen LogP contribution in [0.2, 0.25) is 0 Å². The van der Waals surface area contributed by atoms with E-state index >= 15 is 0 Å². The normalized spacial score (nSPS) is 30.1. The lowest BCUT2D eigenvalue weighted by molar-refractivity contribution is -0.163. The average molecular weight is 470 g/mol. The maximum Gasteiger partial charge on any atom is 0.327 e. The van der Waals surface area contributed by atoms with Crippen molar-refractivity contribution < 1.29 is 24.6 Å². The third-order valence-corrected chi connectivity index (χ3v) is 9.37. The number of β-lactam (4-membered cyclic amide) rings is 1. The summed E-state index contributed by atoms with van der Waals surface area (Å²) in [6.07, 6.45) is -1.60. The van der Waals surface area contributed by atoms with E-state index < -0.39 is 44.3 Å². The molecule has 2 aliphatic rings. The third kappa shape index (κ3) is 2.52. The van der Waals surface area contributed by atoms with Crippen LogP contribution in [0.25, 0.3) is 10.1 Å². The van der Waals surface area contributed by atoms with Gasteiger partial charge in [-0.05, 0) is 31.4 Å². The Kier molecular flexibility index (Phi) is 4.23. The summed E-state index contributed by atoms with van der Waals surface area (Å²) in [5.74, 6) is -2.21. The fourth-order valence-electron chi connectivity index (χ4n) is 3.73. The van der Waals surface area contributed by atoms with Gasteiger partial charge in [0.1, 0.15) is 17.5 Å². The summed E-state index contributed by atoms with van der Waals surface area (Å²) in [6, 6.07) is 8.19. The second kappa shape index (κ2) is 6.04. The molecule has 4 rings (SSSR count). The number of benzene rings is 1. The van der Waals surface area contributed by atoms with Crippen molar-refractivity contribution in [3.63, 3.8) is 0 Å². The minimum atomic E-state index is -1.60. The molecule has 4 atom stereocenters. The molecule has 0 saturated carbocycles. The number of amides is 1. The molecule has 2 fully saturated rings. The molecule has 0 aliphatic carbocycles. The van der Waals surface area contributed by atoms with Gasteiger partial charge in [0.15, 0.2) is 4.32 Å². The molecular weight excluding hydrogens is 454 g/mol. The Balaban J connectivity index is 1.66. The number of fused-ring (bicyclic) bond motifs is 2. The number of aliphatic hydroxyl groups is 1. The van der Waals surface area contributed by atoms with Crippen molar-refractivity contribution >= 4 is 66.8 Å². The molecule has 0 radical (unpaired) electrons. The first-order chi connectivity index (χ1) is 12.6. The van der Waals surface area contributed by atoms with Gasteiger partial charge in [0.25, 0.3) is 0 Å². The van der Waals surface area contributed by atoms with E-state index in [0.29, 0.717) is 4.88 Å². The summed E-state index contributed by atoms with van der Waals surface area (Å²) < 4.78 is -1.34. The number of hydrogen-bond acceptors (Lipinski definition) is 6. The Labute approximate surface area is 171 Å². The van der Waals surface area contributed by atoms with Gasteiger partial charge in [-0.25, -0.2) is 4.79 Å². The van der Waals surface area contributed by atoms with Crippen LogP contribution in [0.3, 0.4) is 0 Å². The highest BCUT2D eigenvalue weighted by Gasteiger charge is 2.73. The van der Waals surface area contributed by atoms with Crippen molar-refractivity contribution in [3.8, 4) is 0 Å². The van der Waals surface area contributed by atoms with Gasteiger partial charge in [-0.1, -0.05) is 34.1 Å². The minimum Gasteiger partial charge on any atom is -0.480 e. The van der Waals surface area contributed by atoms with Crippen LogP contribution in [-0.4, -0.2) is 59.4 Å². The van der Waals surface area contributed by atoms with Gasteiger partial charge < -0.3 is 15.1 Å². The molecule has 6 nitrogen and oxygen atoms in total. The number of aliphatic carboxylic acids is 1. The Morgan fingerprint density at radius 1 is 1.30 bits per heavy atom. The van der Waals surface area contributed by atoms with Crippen molar-refractivity contribution in [1.29, 1.82) is 0 Å². The smallest absolute Gasteiger partial charge is 0.327 e. The predicted octanol–water partition coefficient (Wildman–Crippen LogP) is 2.73. The zero-order valence-corrected chi connectivity index (χ0v) is 17.6. The van der Waals surface area contributed by atoms with Crippen LogP contribution in [0, 0.1) is 0 Å². The summed E-state index contributed by atoms with van der Waals surface area (Å²) in [5.41, 5.74) is 0. The highest BCUT2D eigenvalue weighted by Crippen LogP contribution is 2.59. The van der Waals surface area contributed by atoms with E-state index in [1.54, 1.807) is 19.9 Å². The molecule has 0 bridgehead atoms. The number of ketones is 1. The second-order valence-electron chi connectivity index (χ2n) is 7.21. The maximum absolute atomic E-state index is 12.9. The van der Waals surface area contributed by atoms with E-state index in [1.165, 1.54) is 28.0 Å². The zero-order chi connectivity index (χ0) is 19.7. The fourth-order valence-corrected chi connectivity index (χ4v) is 7.32. The van der Waals surface area contributed by atoms with Crippen molar-refractivity contribution in [1.82, 2.24) is 4.90 Å². The zero-order valence-electron chi connectivity index (χ0n) is 14.4. The largest absolute Gasteiger partial charge is 0.480 e. The van der Waals surface area contributed by atoms with Crippen molar-refractivity contribution in [2.75, 3.05) is 0 Å². The molecular formula is C18H16BrNO5S2. The molecule has 1 amide bonds. The summed E-state index contributed by atoms with van der Waals surface area (Å²) in [7, 11) is 0. The molecule has 9 heteroatoms. The maximum atomic E-state index is 12.9. The van der Waals surface area contributed by atoms with E-state index in [9.17, 15) is 24.6 Å². The van der Waals surface area contributed by atoms with E-state index in [2.05, 4.69) is 15.9 Å². The molecule has 2 saturated heterocycles. The van der Waals surface area contributed by atoms with Crippen molar-refractivity contribution in [2.45, 2.75) is 40.4 Å². The van der Waals surface area contributed by atoms with Crippen LogP contribution in [0.4, 0.5) is 0 Å². The molecule has 3 heterocycles. The van der Waals surface area contributed by atoms with Gasteiger partial charge in [0, 0.05) is 9.45 Å². The average Bonchev–Trinajstić information content (AvgIpc) is 3.16. The lowest BCUT2D eigenvalue weighted by atomic mass is 9.85. The predicted molar refractivity (Wildman–Crippen MR) is 108 cm³/mol. The number of aliphatic hydroxyl groups excluding tert-OH is 1. The van der Waals surface area contributed by atoms with Crippen LogP contribution >= 0.6 is 39.0 Å². The lowest BCUT2D eigenvalue weighted by Crippen LogP contribution is -2.75. The first-order valence-electron chi connectivity index (χ1n) is 8.22. The van der Waals surface area contributed by atoms with Gasteiger partial charge in [-0.2, -0.15) is 0 Å². The Morgan fingerprint density at radius 2 is 1.96 bits per heavy atom. The van der Waals surface area contributed by atoms with Gasteiger partial charge in [0.05, 0.1) is 4.88 Å². The van der Waals surface area contributed by atoms with Crippen LogP contribution in [0.1, 0.15) is 23.5 Å². The highest BCUT2D eigenvalue weighted by atomic mass is 79.9. The summed E-state index contributed by atoms with van der Waals surface area (Å²) >= 11 is 5.84. The number of nitrogens with zero attached hydrogens (tertiary/aromatic N) is 1. The summed E-state index contributed by atoms with van der Waals surface area (Å²) in [4.78, 5) is 39.0. The number of carbonyl (C=O) groups is 3. The highest BCUT2D eigenvalue weighted by molar-refractivity contribution is 9.10. The van der Waals surface area contributed by atoms with Crippen LogP contribution in [0.15, 0.2) is 30.3 Å². The van der Waals surface area contributed by atoms with E-state index in [0.717, 1.165) is 10.1 Å². The molecule has 2 N–H and O–H groups in total. The molecule has 142 valence electrons. The van der Waals surface area contributed by atoms with E-state index in [4.69, 9.17) is 0 Å². The molecule has 2 aromatic rings. The Bertz CT molecular complexity index is 956. The minimum absolute atomic E-state index is 0.366. The third-order valence-electron chi connectivity index (χ3n) is 5.07. The summed E-state index contributed by atoms with van der Waals surface area (Å²) in [5, 5.41) is 20.6. The van der Waals surface area contributed by atoms with Gasteiger partial charge in [-0.15, -0.1) is 23.1 Å². The molecule has 2 unspecified atom stereocenters. The molecule has 2 aliphatic heterocycles. The Hall–Kier alpha value is -1.42. The number of Topliss-reactive ketones (excluding diaryl/α,β-unsaturated/α-hetero) is 1. The van der Waals surface area contributed by atoms with Crippen LogP contribution in [0.5, 0.6) is 0 Å². The van der Waals surface area contributed by atoms with Gasteiger partial charge in [0.2, 0.25) is 11.7 Å². The van der Waals surface area contributed by atoms with E-state index in [1.807, 2.05) is 24.3 Å². The van der Waals surface area contributed by atoms with Gasteiger partial charge in [-0.3, -0.25) is 9.59 Å².